The van der Waals surface area contributed by atoms with Crippen molar-refractivity contribution in [2.24, 2.45) is 0 Å². The van der Waals surface area contributed by atoms with Crippen molar-refractivity contribution in [2.45, 2.75) is 6.92 Å². The maximum atomic E-state index is 11.5. The minimum atomic E-state index is -0.816. The first kappa shape index (κ1) is 12.8. The lowest BCUT2D eigenvalue weighted by atomic mass is 10.0. The lowest BCUT2D eigenvalue weighted by molar-refractivity contribution is -0.383. The second-order valence-corrected chi connectivity index (χ2v) is 4.09. The molecule has 6 heteroatoms. The van der Waals surface area contributed by atoms with Gasteiger partial charge in [-0.2, -0.15) is 0 Å². The van der Waals surface area contributed by atoms with Gasteiger partial charge < -0.3 is 9.84 Å². The third kappa shape index (κ3) is 2.08. The smallest absolute Gasteiger partial charge is 0.341 e. The Balaban J connectivity index is 2.90. The quantitative estimate of drug-likeness (QED) is 0.509. The zero-order valence-corrected chi connectivity index (χ0v) is 10.3. The van der Waals surface area contributed by atoms with E-state index in [0.29, 0.717) is 0 Å². The number of hydrogen-bond acceptors (Lipinski definition) is 5. The fourth-order valence-electron chi connectivity index (χ4n) is 1.92. The molecular weight excluding hydrogens is 250 g/mol. The summed E-state index contributed by atoms with van der Waals surface area (Å²) < 4.78 is 4.51. The van der Waals surface area contributed by atoms with Crippen LogP contribution in [0, 0.1) is 17.0 Å². The summed E-state index contributed by atoms with van der Waals surface area (Å²) in [4.78, 5) is 22.0. The van der Waals surface area contributed by atoms with Gasteiger partial charge in [-0.05, 0) is 19.1 Å². The number of nitrogens with zero attached hydrogens (tertiary/aromatic N) is 1. The summed E-state index contributed by atoms with van der Waals surface area (Å²) in [6.45, 7) is 1.79. The number of phenolic OH excluding ortho intramolecular Hbond substituents is 1. The van der Waals surface area contributed by atoms with Crippen LogP contribution in [0.1, 0.15) is 15.9 Å². The van der Waals surface area contributed by atoms with Crippen LogP contribution in [0.25, 0.3) is 10.8 Å². The molecule has 0 fully saturated rings. The number of carbonyl (C=O) groups excluding carboxylic acids is 1. The second kappa shape index (κ2) is 4.56. The Hall–Kier alpha value is -2.63. The Bertz CT molecular complexity index is 693. The lowest BCUT2D eigenvalue weighted by Gasteiger charge is -2.08. The van der Waals surface area contributed by atoms with Gasteiger partial charge in [-0.15, -0.1) is 0 Å². The van der Waals surface area contributed by atoms with Crippen LogP contribution in [0.4, 0.5) is 5.69 Å². The van der Waals surface area contributed by atoms with E-state index < -0.39 is 10.9 Å². The minimum absolute atomic E-state index is 0.215. The van der Waals surface area contributed by atoms with Crippen LogP contribution in [-0.2, 0) is 4.74 Å². The highest BCUT2D eigenvalue weighted by Gasteiger charge is 2.22. The Morgan fingerprint density at radius 2 is 2.00 bits per heavy atom. The van der Waals surface area contributed by atoms with Gasteiger partial charge in [0.15, 0.2) is 0 Å². The molecule has 0 saturated carbocycles. The number of aryl methyl sites for hydroxylation is 1. The molecule has 0 aliphatic carbocycles. The third-order valence-electron chi connectivity index (χ3n) is 2.84. The number of nitro benzene ring substituents is 1. The van der Waals surface area contributed by atoms with E-state index in [1.807, 2.05) is 0 Å². The van der Waals surface area contributed by atoms with Crippen LogP contribution in [-0.4, -0.2) is 23.1 Å². The van der Waals surface area contributed by atoms with Crippen molar-refractivity contribution >= 4 is 22.4 Å². The van der Waals surface area contributed by atoms with E-state index in [0.717, 1.165) is 18.7 Å². The summed E-state index contributed by atoms with van der Waals surface area (Å²) in [5, 5.41) is 21.6. The first-order valence-electron chi connectivity index (χ1n) is 5.44. The van der Waals surface area contributed by atoms with Crippen LogP contribution in [0.3, 0.4) is 0 Å². The first-order chi connectivity index (χ1) is 8.95. The average Bonchev–Trinajstić information content (AvgIpc) is 2.38. The normalized spacial score (nSPS) is 10.4. The van der Waals surface area contributed by atoms with Crippen LogP contribution < -0.4 is 0 Å². The largest absolute Gasteiger partial charge is 0.506 e. The van der Waals surface area contributed by atoms with Crippen molar-refractivity contribution in [1.82, 2.24) is 0 Å². The minimum Gasteiger partial charge on any atom is -0.506 e. The monoisotopic (exact) mass is 261 g/mol. The highest BCUT2D eigenvalue weighted by atomic mass is 16.6. The van der Waals surface area contributed by atoms with Gasteiger partial charge in [-0.3, -0.25) is 10.1 Å². The van der Waals surface area contributed by atoms with E-state index >= 15 is 0 Å². The van der Waals surface area contributed by atoms with Crippen molar-refractivity contribution < 1.29 is 19.6 Å². The van der Waals surface area contributed by atoms with Gasteiger partial charge in [0.1, 0.15) is 11.3 Å². The first-order valence-corrected chi connectivity index (χ1v) is 5.44. The van der Waals surface area contributed by atoms with E-state index in [9.17, 15) is 20.0 Å². The van der Waals surface area contributed by atoms with Gasteiger partial charge in [0.25, 0.3) is 5.69 Å². The number of rotatable bonds is 2. The molecule has 2 aromatic carbocycles. The topological polar surface area (TPSA) is 89.7 Å². The molecule has 6 nitrogen and oxygen atoms in total. The molecule has 1 N–H and O–H groups in total. The molecule has 0 aromatic heterocycles. The number of hydrogen-bond donors (Lipinski definition) is 1. The van der Waals surface area contributed by atoms with Crippen LogP contribution in [0.15, 0.2) is 24.3 Å². The van der Waals surface area contributed by atoms with Crippen LogP contribution in [0.2, 0.25) is 0 Å². The molecule has 0 atom stereocenters. The number of phenols is 1. The molecule has 0 unspecified atom stereocenters. The summed E-state index contributed by atoms with van der Waals surface area (Å²) in [5.41, 5.74) is 0.361. The van der Waals surface area contributed by atoms with E-state index in [-0.39, 0.29) is 27.8 Å². The predicted molar refractivity (Wildman–Crippen MR) is 68.3 cm³/mol. The van der Waals surface area contributed by atoms with Gasteiger partial charge in [0.05, 0.1) is 17.4 Å². The SMILES string of the molecule is COC(=O)c1cc([N+](=O)[O-])c2ccc(C)cc2c1O. The molecule has 2 rings (SSSR count). The predicted octanol–water partition coefficient (Wildman–Crippen LogP) is 2.55. The van der Waals surface area contributed by atoms with Crippen molar-refractivity contribution in [3.05, 3.63) is 45.5 Å². The Morgan fingerprint density at radius 1 is 1.32 bits per heavy atom. The zero-order chi connectivity index (χ0) is 14.2. The molecule has 0 aliphatic rings. The van der Waals surface area contributed by atoms with Crippen LogP contribution in [0.5, 0.6) is 5.75 Å². The molecule has 0 bridgehead atoms. The van der Waals surface area contributed by atoms with Crippen molar-refractivity contribution in [1.29, 1.82) is 0 Å². The number of methoxy groups -OCH3 is 1. The highest BCUT2D eigenvalue weighted by Crippen LogP contribution is 2.36. The summed E-state index contributed by atoms with van der Waals surface area (Å²) in [6.07, 6.45) is 0. The third-order valence-corrected chi connectivity index (χ3v) is 2.84. The number of esters is 1. The van der Waals surface area contributed by atoms with Crippen molar-refractivity contribution in [3.63, 3.8) is 0 Å². The maximum absolute atomic E-state index is 11.5. The molecule has 0 amide bonds. The number of carbonyl (C=O) groups is 1. The van der Waals surface area contributed by atoms with Crippen molar-refractivity contribution in [2.75, 3.05) is 7.11 Å². The van der Waals surface area contributed by atoms with Gasteiger partial charge in [0, 0.05) is 11.5 Å². The van der Waals surface area contributed by atoms with E-state index in [1.54, 1.807) is 25.1 Å². The Labute approximate surface area is 108 Å². The molecular formula is C13H11NO5. The van der Waals surface area contributed by atoms with E-state index in [1.165, 1.54) is 0 Å². The maximum Gasteiger partial charge on any atom is 0.341 e. The summed E-state index contributed by atoms with van der Waals surface area (Å²) in [7, 11) is 1.15. The molecule has 0 spiro atoms. The fourth-order valence-corrected chi connectivity index (χ4v) is 1.92. The summed E-state index contributed by atoms with van der Waals surface area (Å²) in [6, 6.07) is 5.86. The number of non-ortho nitro benzene ring substituents is 1. The molecule has 19 heavy (non-hydrogen) atoms. The molecule has 0 heterocycles. The number of ether oxygens (including phenoxy) is 1. The van der Waals surface area contributed by atoms with Gasteiger partial charge >= 0.3 is 5.97 Å². The standard InChI is InChI=1S/C13H11NO5/c1-7-3-4-8-9(5-7)12(15)10(13(16)19-2)6-11(8)14(17)18/h3-6,15H,1-2H3. The lowest BCUT2D eigenvalue weighted by Crippen LogP contribution is -2.03. The molecule has 98 valence electrons. The van der Waals surface area contributed by atoms with E-state index in [4.69, 9.17) is 0 Å². The van der Waals surface area contributed by atoms with Gasteiger partial charge in [-0.25, -0.2) is 4.79 Å². The van der Waals surface area contributed by atoms with Gasteiger partial charge in [0.2, 0.25) is 0 Å². The van der Waals surface area contributed by atoms with Crippen LogP contribution >= 0.6 is 0 Å². The average molecular weight is 261 g/mol. The van der Waals surface area contributed by atoms with Crippen molar-refractivity contribution in [3.8, 4) is 5.75 Å². The summed E-state index contributed by atoms with van der Waals surface area (Å²) in [5.74, 6) is -1.12. The molecule has 0 aliphatic heterocycles. The molecule has 0 saturated heterocycles. The zero-order valence-electron chi connectivity index (χ0n) is 10.3. The molecule has 0 radical (unpaired) electrons. The Kier molecular flexibility index (Phi) is 3.08. The number of fused-ring (bicyclic) bond motifs is 1. The fraction of sp³-hybridized carbons (Fsp3) is 0.154. The van der Waals surface area contributed by atoms with E-state index in [2.05, 4.69) is 4.74 Å². The number of aromatic hydroxyl groups is 1. The highest BCUT2D eigenvalue weighted by molar-refractivity contribution is 6.05. The summed E-state index contributed by atoms with van der Waals surface area (Å²) >= 11 is 0. The Morgan fingerprint density at radius 3 is 2.58 bits per heavy atom. The molecule has 2 aromatic rings. The number of nitro groups is 1. The second-order valence-electron chi connectivity index (χ2n) is 4.09. The van der Waals surface area contributed by atoms with Gasteiger partial charge in [-0.1, -0.05) is 11.6 Å². The number of benzene rings is 2.